The van der Waals surface area contributed by atoms with Crippen LogP contribution >= 0.6 is 0 Å². The van der Waals surface area contributed by atoms with E-state index in [1.165, 1.54) is 0 Å². The van der Waals surface area contributed by atoms with Gasteiger partial charge in [0.2, 0.25) is 0 Å². The Kier molecular flexibility index (Phi) is 4.95. The molecule has 148 valence electrons. The summed E-state index contributed by atoms with van der Waals surface area (Å²) >= 11 is 0. The van der Waals surface area contributed by atoms with Crippen LogP contribution in [0.1, 0.15) is 47.6 Å². The summed E-state index contributed by atoms with van der Waals surface area (Å²) in [6, 6.07) is 1.67. The summed E-state index contributed by atoms with van der Waals surface area (Å²) in [6.07, 6.45) is 5.67. The smallest absolute Gasteiger partial charge is 0.343 e. The molecular formula is C18H23N7O3. The van der Waals surface area contributed by atoms with Gasteiger partial charge in [-0.1, -0.05) is 0 Å². The topological polar surface area (TPSA) is 121 Å². The summed E-state index contributed by atoms with van der Waals surface area (Å²) in [5.41, 5.74) is 1.56. The van der Waals surface area contributed by atoms with Crippen molar-refractivity contribution < 1.29 is 9.90 Å². The lowest BCUT2D eigenvalue weighted by molar-refractivity contribution is 0.0697. The number of likely N-dealkylation sites (tertiary alicyclic amines) is 1. The molecule has 0 unspecified atom stereocenters. The highest BCUT2D eigenvalue weighted by Gasteiger charge is 2.30. The maximum Gasteiger partial charge on any atom is 0.343 e. The van der Waals surface area contributed by atoms with Crippen LogP contribution in [0.5, 0.6) is 0 Å². The molecule has 1 aliphatic heterocycles. The molecule has 28 heavy (non-hydrogen) atoms. The summed E-state index contributed by atoms with van der Waals surface area (Å²) in [5, 5.41) is 20.1. The van der Waals surface area contributed by atoms with Crippen molar-refractivity contribution in [3.63, 3.8) is 0 Å². The maximum absolute atomic E-state index is 13.0. The molecule has 0 aromatic carbocycles. The number of carbonyl (C=O) groups is 1. The van der Waals surface area contributed by atoms with Gasteiger partial charge in [0.05, 0.1) is 0 Å². The fourth-order valence-electron chi connectivity index (χ4n) is 3.76. The Balaban J connectivity index is 1.55. The molecule has 3 aromatic heterocycles. The second-order valence-electron chi connectivity index (χ2n) is 6.99. The number of aromatic nitrogens is 6. The monoisotopic (exact) mass is 385 g/mol. The van der Waals surface area contributed by atoms with E-state index in [0.717, 1.165) is 18.4 Å². The number of hydrogen-bond acceptors (Lipinski definition) is 6. The first-order valence-corrected chi connectivity index (χ1v) is 9.50. The molecule has 2 N–H and O–H groups in total. The van der Waals surface area contributed by atoms with Crippen molar-refractivity contribution in [1.29, 1.82) is 0 Å². The molecule has 0 bridgehead atoms. The molecule has 1 amide bonds. The van der Waals surface area contributed by atoms with E-state index < -0.39 is 0 Å². The van der Waals surface area contributed by atoms with E-state index in [1.807, 2.05) is 6.92 Å². The minimum atomic E-state index is -0.217. The summed E-state index contributed by atoms with van der Waals surface area (Å²) < 4.78 is 3.19. The Bertz CT molecular complexity index is 1050. The van der Waals surface area contributed by atoms with Gasteiger partial charge in [-0.25, -0.2) is 19.4 Å². The van der Waals surface area contributed by atoms with Crippen molar-refractivity contribution in [1.82, 2.24) is 34.3 Å². The number of rotatable bonds is 5. The summed E-state index contributed by atoms with van der Waals surface area (Å²) in [5.74, 6) is 0.568. The van der Waals surface area contributed by atoms with Gasteiger partial charge in [-0.2, -0.15) is 10.2 Å². The zero-order chi connectivity index (χ0) is 19.7. The number of nitrogens with one attached hydrogen (secondary N) is 1. The Hall–Kier alpha value is -3.01. The van der Waals surface area contributed by atoms with Crippen LogP contribution in [0.3, 0.4) is 0 Å². The number of hydrogen-bond donors (Lipinski definition) is 2. The third kappa shape index (κ3) is 3.31. The molecule has 0 radical (unpaired) electrons. The fraction of sp³-hybridized carbons (Fsp3) is 0.500. The van der Waals surface area contributed by atoms with E-state index in [4.69, 9.17) is 5.11 Å². The average Bonchev–Trinajstić information content (AvgIpc) is 3.30. The average molecular weight is 385 g/mol. The lowest BCUT2D eigenvalue weighted by atomic mass is 9.97. The van der Waals surface area contributed by atoms with E-state index in [-0.39, 0.29) is 24.1 Å². The molecule has 1 saturated heterocycles. The zero-order valence-corrected chi connectivity index (χ0v) is 15.7. The molecule has 0 spiro atoms. The lowest BCUT2D eigenvalue weighted by Gasteiger charge is -2.31. The molecular weight excluding hydrogens is 362 g/mol. The lowest BCUT2D eigenvalue weighted by Crippen LogP contribution is -2.40. The Morgan fingerprint density at radius 1 is 1.43 bits per heavy atom. The number of piperidine rings is 1. The van der Waals surface area contributed by atoms with Crippen molar-refractivity contribution in [2.75, 3.05) is 19.7 Å². The van der Waals surface area contributed by atoms with E-state index in [2.05, 4.69) is 20.3 Å². The highest BCUT2D eigenvalue weighted by Crippen LogP contribution is 2.26. The second kappa shape index (κ2) is 7.55. The quantitative estimate of drug-likeness (QED) is 0.647. The number of amides is 1. The number of aliphatic hydroxyl groups is 1. The second-order valence-corrected chi connectivity index (χ2v) is 6.99. The zero-order valence-electron chi connectivity index (χ0n) is 15.7. The van der Waals surface area contributed by atoms with E-state index in [1.54, 1.807) is 32.4 Å². The first-order valence-electron chi connectivity index (χ1n) is 9.50. The molecule has 1 fully saturated rings. The third-order valence-electron chi connectivity index (χ3n) is 5.16. The number of H-pyrrole nitrogens is 1. The number of fused-ring (bicyclic) bond motifs is 1. The Labute approximate surface area is 160 Å². The van der Waals surface area contributed by atoms with E-state index in [0.29, 0.717) is 43.2 Å². The van der Waals surface area contributed by atoms with Crippen LogP contribution in [0.25, 0.3) is 5.65 Å². The highest BCUT2D eigenvalue weighted by molar-refractivity contribution is 5.93. The Morgan fingerprint density at radius 3 is 3.07 bits per heavy atom. The number of aliphatic hydroxyl groups excluding tert-OH is 1. The van der Waals surface area contributed by atoms with Crippen LogP contribution < -0.4 is 5.69 Å². The minimum absolute atomic E-state index is 0.0166. The first kappa shape index (κ1) is 18.4. The number of carbonyl (C=O) groups excluding carboxylic acids is 1. The molecule has 1 aliphatic rings. The van der Waals surface area contributed by atoms with E-state index in [9.17, 15) is 9.59 Å². The van der Waals surface area contributed by atoms with Gasteiger partial charge < -0.3 is 10.0 Å². The Morgan fingerprint density at radius 2 is 2.29 bits per heavy atom. The summed E-state index contributed by atoms with van der Waals surface area (Å²) in [7, 11) is 0. The van der Waals surface area contributed by atoms with E-state index >= 15 is 0 Å². The summed E-state index contributed by atoms with van der Waals surface area (Å²) in [4.78, 5) is 30.9. The van der Waals surface area contributed by atoms with Crippen LogP contribution in [-0.2, 0) is 13.0 Å². The van der Waals surface area contributed by atoms with Gasteiger partial charge in [0, 0.05) is 50.6 Å². The summed E-state index contributed by atoms with van der Waals surface area (Å²) in [6.45, 7) is 3.63. The first-order chi connectivity index (χ1) is 13.6. The molecule has 10 nitrogen and oxygen atoms in total. The van der Waals surface area contributed by atoms with Crippen LogP contribution in [0, 0.1) is 0 Å². The van der Waals surface area contributed by atoms with Crippen LogP contribution in [-0.4, -0.2) is 65.0 Å². The largest absolute Gasteiger partial charge is 0.396 e. The molecule has 1 atom stereocenters. The van der Waals surface area contributed by atoms with Gasteiger partial charge in [-0.05, 0) is 31.7 Å². The normalized spacial score (nSPS) is 17.4. The van der Waals surface area contributed by atoms with Gasteiger partial charge in [-0.15, -0.1) is 0 Å². The molecule has 0 aliphatic carbocycles. The standard InChI is InChI=1S/C18H23N7O3/c1-2-24-16(20-21-18(24)28)13-4-3-6-23(11-13)17(27)14-8-15-19-9-12(5-7-26)10-25(15)22-14/h8-10,13,26H,2-7,11H2,1H3,(H,21,28)/t13-/m0/s1. The van der Waals surface area contributed by atoms with Crippen molar-refractivity contribution in [3.8, 4) is 0 Å². The maximum atomic E-state index is 13.0. The van der Waals surface area contributed by atoms with Crippen molar-refractivity contribution in [2.24, 2.45) is 0 Å². The third-order valence-corrected chi connectivity index (χ3v) is 5.16. The predicted molar refractivity (Wildman–Crippen MR) is 100 cm³/mol. The van der Waals surface area contributed by atoms with Crippen molar-refractivity contribution >= 4 is 11.6 Å². The van der Waals surface area contributed by atoms with Gasteiger partial charge >= 0.3 is 5.69 Å². The van der Waals surface area contributed by atoms with Crippen LogP contribution in [0.15, 0.2) is 23.3 Å². The van der Waals surface area contributed by atoms with Gasteiger partial charge in [0.15, 0.2) is 11.3 Å². The predicted octanol–water partition coefficient (Wildman–Crippen LogP) is 0.189. The van der Waals surface area contributed by atoms with Gasteiger partial charge in [0.25, 0.3) is 5.91 Å². The highest BCUT2D eigenvalue weighted by atomic mass is 16.3. The number of nitrogens with zero attached hydrogens (tertiary/aromatic N) is 6. The molecule has 0 saturated carbocycles. The molecule has 4 heterocycles. The van der Waals surface area contributed by atoms with Crippen LogP contribution in [0.4, 0.5) is 0 Å². The van der Waals surface area contributed by atoms with Crippen molar-refractivity contribution in [3.05, 3.63) is 46.0 Å². The van der Waals surface area contributed by atoms with Crippen LogP contribution in [0.2, 0.25) is 0 Å². The fourth-order valence-corrected chi connectivity index (χ4v) is 3.76. The molecule has 3 aromatic rings. The van der Waals surface area contributed by atoms with Crippen molar-refractivity contribution in [2.45, 2.75) is 38.6 Å². The van der Waals surface area contributed by atoms with Gasteiger partial charge in [-0.3, -0.25) is 9.36 Å². The number of aromatic amines is 1. The molecule has 10 heteroatoms. The SMILES string of the molecule is CCn1c([C@H]2CCCN(C(=O)c3cc4ncc(CCO)cn4n3)C2)n[nH]c1=O. The minimum Gasteiger partial charge on any atom is -0.396 e. The van der Waals surface area contributed by atoms with Gasteiger partial charge in [0.1, 0.15) is 5.82 Å². The molecule has 4 rings (SSSR count).